The number of carbonyl (C=O) groups is 1. The maximum Gasteiger partial charge on any atom is 0.245 e. The van der Waals surface area contributed by atoms with Crippen molar-refractivity contribution in [3.8, 4) is 0 Å². The van der Waals surface area contributed by atoms with Crippen molar-refractivity contribution < 1.29 is 14.3 Å². The number of benzene rings is 1. The molecule has 1 aromatic rings. The van der Waals surface area contributed by atoms with Crippen LogP contribution in [0.5, 0.6) is 0 Å². The molecule has 1 fully saturated rings. The molecule has 0 aromatic heterocycles. The first kappa shape index (κ1) is 16.6. The molecule has 0 radical (unpaired) electrons. The molecule has 0 saturated carbocycles. The molecule has 22 heavy (non-hydrogen) atoms. The molecule has 5 nitrogen and oxygen atoms in total. The predicted octanol–water partition coefficient (Wildman–Crippen LogP) is 2.59. The van der Waals surface area contributed by atoms with E-state index in [1.165, 1.54) is 5.56 Å². The molecule has 5 heteroatoms. The molecule has 1 aliphatic heterocycles. The van der Waals surface area contributed by atoms with Crippen LogP contribution in [-0.4, -0.2) is 31.1 Å². The lowest BCUT2D eigenvalue weighted by Gasteiger charge is -2.20. The molecule has 1 aromatic carbocycles. The summed E-state index contributed by atoms with van der Waals surface area (Å²) >= 11 is 0. The van der Waals surface area contributed by atoms with Gasteiger partial charge >= 0.3 is 0 Å². The van der Waals surface area contributed by atoms with Gasteiger partial charge in [0, 0.05) is 0 Å². The summed E-state index contributed by atoms with van der Waals surface area (Å²) in [6.07, 6.45) is 1.76. The van der Waals surface area contributed by atoms with Gasteiger partial charge in [0.15, 0.2) is 5.79 Å². The number of rotatable bonds is 4. The monoisotopic (exact) mass is 304 g/mol. The topological polar surface area (TPSA) is 59.9 Å². The van der Waals surface area contributed by atoms with Gasteiger partial charge in [0.2, 0.25) is 5.91 Å². The second kappa shape index (κ2) is 6.58. The Morgan fingerprint density at radius 3 is 2.41 bits per heavy atom. The van der Waals surface area contributed by atoms with Crippen molar-refractivity contribution in [2.45, 2.75) is 45.3 Å². The Balaban J connectivity index is 1.85. The number of nitrogens with one attached hydrogen (secondary N) is 1. The lowest BCUT2D eigenvalue weighted by atomic mass is 9.87. The quantitative estimate of drug-likeness (QED) is 0.687. The minimum atomic E-state index is -0.825. The Bertz CT molecular complexity index is 538. The van der Waals surface area contributed by atoms with Crippen LogP contribution in [0, 0.1) is 0 Å². The van der Waals surface area contributed by atoms with E-state index in [0.29, 0.717) is 13.2 Å². The number of ether oxygens (including phenoxy) is 2. The first-order valence-electron chi connectivity index (χ1n) is 7.49. The average molecular weight is 304 g/mol. The van der Waals surface area contributed by atoms with Gasteiger partial charge in [0.05, 0.1) is 25.8 Å². The van der Waals surface area contributed by atoms with Gasteiger partial charge in [-0.2, -0.15) is 5.10 Å². The SMILES string of the molecule is CC1(CC(=O)N/N=C\c2ccc(C(C)(C)C)cc2)OCCO1. The Labute approximate surface area is 131 Å². The minimum Gasteiger partial charge on any atom is -0.347 e. The number of hydrogen-bond donors (Lipinski definition) is 1. The summed E-state index contributed by atoms with van der Waals surface area (Å²) in [6.45, 7) is 9.31. The molecule has 0 aliphatic carbocycles. The Morgan fingerprint density at radius 1 is 1.27 bits per heavy atom. The summed E-state index contributed by atoms with van der Waals surface area (Å²) in [5.74, 6) is -1.06. The number of hydrazone groups is 1. The summed E-state index contributed by atoms with van der Waals surface area (Å²) in [5.41, 5.74) is 4.82. The van der Waals surface area contributed by atoms with Crippen LogP contribution in [0.15, 0.2) is 29.4 Å². The van der Waals surface area contributed by atoms with Gasteiger partial charge in [-0.05, 0) is 23.5 Å². The van der Waals surface area contributed by atoms with Crippen LogP contribution < -0.4 is 5.43 Å². The zero-order valence-corrected chi connectivity index (χ0v) is 13.7. The van der Waals surface area contributed by atoms with Gasteiger partial charge in [-0.1, -0.05) is 45.0 Å². The molecule has 120 valence electrons. The molecule has 1 N–H and O–H groups in total. The fraction of sp³-hybridized carbons (Fsp3) is 0.529. The van der Waals surface area contributed by atoms with Crippen LogP contribution in [0.25, 0.3) is 0 Å². The highest BCUT2D eigenvalue weighted by molar-refractivity contribution is 5.82. The molecule has 0 unspecified atom stereocenters. The zero-order valence-electron chi connectivity index (χ0n) is 13.7. The summed E-state index contributed by atoms with van der Waals surface area (Å²) in [5, 5.41) is 3.97. The Morgan fingerprint density at radius 2 is 1.86 bits per heavy atom. The van der Waals surface area contributed by atoms with E-state index < -0.39 is 5.79 Å². The van der Waals surface area contributed by atoms with Crippen LogP contribution in [-0.2, 0) is 19.7 Å². The fourth-order valence-corrected chi connectivity index (χ4v) is 2.24. The molecule has 0 spiro atoms. The predicted molar refractivity (Wildman–Crippen MR) is 85.8 cm³/mol. The first-order chi connectivity index (χ1) is 10.3. The third-order valence-electron chi connectivity index (χ3n) is 3.56. The number of carbonyl (C=O) groups excluding carboxylic acids is 1. The highest BCUT2D eigenvalue weighted by atomic mass is 16.7. The second-order valence-corrected chi connectivity index (χ2v) is 6.67. The molecule has 1 heterocycles. The zero-order chi connectivity index (χ0) is 16.2. The number of hydrogen-bond acceptors (Lipinski definition) is 4. The van der Waals surface area contributed by atoms with Crippen molar-refractivity contribution in [3.05, 3.63) is 35.4 Å². The molecule has 2 rings (SSSR count). The molecule has 0 atom stereocenters. The van der Waals surface area contributed by atoms with Crippen molar-refractivity contribution in [2.24, 2.45) is 5.10 Å². The molecule has 1 aliphatic rings. The van der Waals surface area contributed by atoms with E-state index in [-0.39, 0.29) is 17.7 Å². The summed E-state index contributed by atoms with van der Waals surface area (Å²) < 4.78 is 10.8. The lowest BCUT2D eigenvalue weighted by Crippen LogP contribution is -2.33. The van der Waals surface area contributed by atoms with Crippen LogP contribution >= 0.6 is 0 Å². The molecule has 1 saturated heterocycles. The van der Waals surface area contributed by atoms with E-state index in [0.717, 1.165) is 5.56 Å². The Hall–Kier alpha value is -1.72. The van der Waals surface area contributed by atoms with Crippen molar-refractivity contribution in [3.63, 3.8) is 0 Å². The van der Waals surface area contributed by atoms with E-state index in [4.69, 9.17) is 9.47 Å². The lowest BCUT2D eigenvalue weighted by molar-refractivity contribution is -0.159. The Kier molecular flexibility index (Phi) is 4.98. The van der Waals surface area contributed by atoms with Crippen molar-refractivity contribution >= 4 is 12.1 Å². The van der Waals surface area contributed by atoms with Crippen molar-refractivity contribution in [1.82, 2.24) is 5.43 Å². The van der Waals surface area contributed by atoms with E-state index >= 15 is 0 Å². The largest absolute Gasteiger partial charge is 0.347 e. The number of nitrogens with zero attached hydrogens (tertiary/aromatic N) is 1. The van der Waals surface area contributed by atoms with Gasteiger partial charge in [0.25, 0.3) is 0 Å². The maximum atomic E-state index is 11.8. The van der Waals surface area contributed by atoms with E-state index in [1.807, 2.05) is 12.1 Å². The van der Waals surface area contributed by atoms with Crippen molar-refractivity contribution in [2.75, 3.05) is 13.2 Å². The van der Waals surface area contributed by atoms with Gasteiger partial charge < -0.3 is 9.47 Å². The summed E-state index contributed by atoms with van der Waals surface area (Å²) in [4.78, 5) is 11.8. The third-order valence-corrected chi connectivity index (χ3v) is 3.56. The van der Waals surface area contributed by atoms with Crippen LogP contribution in [0.4, 0.5) is 0 Å². The summed E-state index contributed by atoms with van der Waals surface area (Å²) in [7, 11) is 0. The van der Waals surface area contributed by atoms with Crippen LogP contribution in [0.3, 0.4) is 0 Å². The number of amides is 1. The maximum absolute atomic E-state index is 11.8. The van der Waals surface area contributed by atoms with Gasteiger partial charge in [-0.3, -0.25) is 4.79 Å². The average Bonchev–Trinajstić information content (AvgIpc) is 2.84. The van der Waals surface area contributed by atoms with Crippen LogP contribution in [0.2, 0.25) is 0 Å². The third kappa shape index (κ3) is 4.64. The van der Waals surface area contributed by atoms with Crippen LogP contribution in [0.1, 0.15) is 45.2 Å². The van der Waals surface area contributed by atoms with Gasteiger partial charge in [-0.15, -0.1) is 0 Å². The summed E-state index contributed by atoms with van der Waals surface area (Å²) in [6, 6.07) is 8.12. The van der Waals surface area contributed by atoms with E-state index in [1.54, 1.807) is 13.1 Å². The van der Waals surface area contributed by atoms with E-state index in [9.17, 15) is 4.79 Å². The fourth-order valence-electron chi connectivity index (χ4n) is 2.24. The molecule has 0 bridgehead atoms. The molecule has 1 amide bonds. The highest BCUT2D eigenvalue weighted by Gasteiger charge is 2.33. The van der Waals surface area contributed by atoms with Gasteiger partial charge in [0.1, 0.15) is 0 Å². The molecular weight excluding hydrogens is 280 g/mol. The normalized spacial score (nSPS) is 17.8. The second-order valence-electron chi connectivity index (χ2n) is 6.67. The van der Waals surface area contributed by atoms with Gasteiger partial charge in [-0.25, -0.2) is 5.43 Å². The van der Waals surface area contributed by atoms with E-state index in [2.05, 4.69) is 43.4 Å². The highest BCUT2D eigenvalue weighted by Crippen LogP contribution is 2.22. The smallest absolute Gasteiger partial charge is 0.245 e. The minimum absolute atomic E-state index is 0.126. The standard InChI is InChI=1S/C17H24N2O3/c1-16(2,3)14-7-5-13(6-8-14)12-18-19-15(20)11-17(4)21-9-10-22-17/h5-8,12H,9-11H2,1-4H3,(H,19,20)/b18-12-. The first-order valence-corrected chi connectivity index (χ1v) is 7.49. The van der Waals surface area contributed by atoms with Crippen molar-refractivity contribution in [1.29, 1.82) is 0 Å². The molecular formula is C17H24N2O3.